The van der Waals surface area contributed by atoms with E-state index >= 15 is 0 Å². The molecule has 0 spiro atoms. The van der Waals surface area contributed by atoms with E-state index in [-0.39, 0.29) is 17.8 Å². The van der Waals surface area contributed by atoms with Crippen LogP contribution in [0.2, 0.25) is 0 Å². The Kier molecular flexibility index (Phi) is 5.53. The Balaban J connectivity index is 0.00000200. The average Bonchev–Trinajstić information content (AvgIpc) is 2.77. The van der Waals surface area contributed by atoms with Gasteiger partial charge in [0.15, 0.2) is 5.82 Å². The second-order valence-electron chi connectivity index (χ2n) is 6.09. The van der Waals surface area contributed by atoms with Crippen LogP contribution >= 0.6 is 12.4 Å². The first kappa shape index (κ1) is 16.9. The second-order valence-corrected chi connectivity index (χ2v) is 6.09. The maximum atomic E-state index is 11.2. The van der Waals surface area contributed by atoms with Crippen LogP contribution in [-0.4, -0.2) is 38.7 Å². The molecule has 1 unspecified atom stereocenters. The van der Waals surface area contributed by atoms with Crippen LogP contribution in [-0.2, 0) is 16.8 Å². The maximum absolute atomic E-state index is 11.2. The Bertz CT molecular complexity index is 456. The highest BCUT2D eigenvalue weighted by Gasteiger charge is 2.30. The number of aromatic nitrogens is 2. The van der Waals surface area contributed by atoms with Crippen molar-refractivity contribution in [2.24, 2.45) is 0 Å². The van der Waals surface area contributed by atoms with Gasteiger partial charge >= 0.3 is 5.97 Å². The van der Waals surface area contributed by atoms with Gasteiger partial charge in [-0.2, -0.15) is 4.98 Å². The molecule has 1 saturated heterocycles. The number of likely N-dealkylation sites (tertiary alicyclic amines) is 1. The fourth-order valence-electron chi connectivity index (χ4n) is 2.26. The van der Waals surface area contributed by atoms with Gasteiger partial charge in [0.05, 0.1) is 6.54 Å². The molecule has 20 heavy (non-hydrogen) atoms. The minimum Gasteiger partial charge on any atom is -0.480 e. The molecule has 0 amide bonds. The molecule has 2 heterocycles. The summed E-state index contributed by atoms with van der Waals surface area (Å²) in [6, 6.07) is -0.426. The van der Waals surface area contributed by atoms with E-state index in [0.717, 1.165) is 19.4 Å². The second kappa shape index (κ2) is 6.54. The third-order valence-corrected chi connectivity index (χ3v) is 3.35. The monoisotopic (exact) mass is 303 g/mol. The molecule has 0 saturated carbocycles. The van der Waals surface area contributed by atoms with Crippen LogP contribution in [0, 0.1) is 0 Å². The number of hydrogen-bond donors (Lipinski definition) is 1. The molecule has 1 aliphatic heterocycles. The lowest BCUT2D eigenvalue weighted by Crippen LogP contribution is -2.44. The van der Waals surface area contributed by atoms with Crippen LogP contribution in [0.1, 0.15) is 51.7 Å². The molecule has 7 heteroatoms. The zero-order chi connectivity index (χ0) is 14.0. The van der Waals surface area contributed by atoms with Crippen LogP contribution in [0.3, 0.4) is 0 Å². The highest BCUT2D eigenvalue weighted by Crippen LogP contribution is 2.22. The number of carbonyl (C=O) groups is 1. The van der Waals surface area contributed by atoms with Crippen LogP contribution in [0.15, 0.2) is 4.52 Å². The van der Waals surface area contributed by atoms with E-state index in [1.165, 1.54) is 0 Å². The molecular formula is C13H22ClN3O3. The smallest absolute Gasteiger partial charge is 0.320 e. The third-order valence-electron chi connectivity index (χ3n) is 3.35. The van der Waals surface area contributed by atoms with Crippen LogP contribution in [0.4, 0.5) is 0 Å². The number of carboxylic acid groups (broad SMARTS) is 1. The minimum atomic E-state index is -0.765. The van der Waals surface area contributed by atoms with E-state index in [4.69, 9.17) is 4.52 Å². The van der Waals surface area contributed by atoms with Crippen LogP contribution < -0.4 is 0 Å². The first-order valence-electron chi connectivity index (χ1n) is 6.68. The summed E-state index contributed by atoms with van der Waals surface area (Å²) in [6.07, 6.45) is 2.68. The summed E-state index contributed by atoms with van der Waals surface area (Å²) in [4.78, 5) is 17.5. The van der Waals surface area contributed by atoms with Gasteiger partial charge < -0.3 is 9.63 Å². The number of nitrogens with zero attached hydrogens (tertiary/aromatic N) is 3. The predicted octanol–water partition coefficient (Wildman–Crippen LogP) is 2.23. The first-order chi connectivity index (χ1) is 8.88. The molecule has 1 N–H and O–H groups in total. The Morgan fingerprint density at radius 3 is 2.70 bits per heavy atom. The average molecular weight is 304 g/mol. The standard InChI is InChI=1S/C13H21N3O3.ClH/c1-13(2,3)12-14-10(15-19-12)8-16-7-5-4-6-9(16)11(17)18;/h9H,4-8H2,1-3H3,(H,17,18);1H. The quantitative estimate of drug-likeness (QED) is 0.922. The molecule has 6 nitrogen and oxygen atoms in total. The van der Waals surface area contributed by atoms with Gasteiger partial charge in [-0.3, -0.25) is 9.69 Å². The maximum Gasteiger partial charge on any atom is 0.320 e. The molecule has 0 aromatic carbocycles. The molecule has 114 valence electrons. The van der Waals surface area contributed by atoms with Gasteiger partial charge in [-0.05, 0) is 19.4 Å². The summed E-state index contributed by atoms with van der Waals surface area (Å²) in [7, 11) is 0. The van der Waals surface area contributed by atoms with Crippen molar-refractivity contribution in [3.63, 3.8) is 0 Å². The summed E-state index contributed by atoms with van der Waals surface area (Å²) >= 11 is 0. The molecule has 1 aromatic rings. The topological polar surface area (TPSA) is 79.5 Å². The van der Waals surface area contributed by atoms with Gasteiger partial charge in [-0.1, -0.05) is 32.3 Å². The summed E-state index contributed by atoms with van der Waals surface area (Å²) < 4.78 is 5.23. The van der Waals surface area contributed by atoms with Crippen LogP contribution in [0.5, 0.6) is 0 Å². The summed E-state index contributed by atoms with van der Waals surface area (Å²) in [6.45, 7) is 7.23. The Morgan fingerprint density at radius 2 is 2.15 bits per heavy atom. The van der Waals surface area contributed by atoms with Gasteiger partial charge in [0.25, 0.3) is 0 Å². The zero-order valence-electron chi connectivity index (χ0n) is 12.1. The lowest BCUT2D eigenvalue weighted by atomic mass is 9.97. The van der Waals surface area contributed by atoms with Crippen molar-refractivity contribution in [2.45, 2.75) is 58.0 Å². The first-order valence-corrected chi connectivity index (χ1v) is 6.68. The molecule has 2 rings (SSSR count). The third kappa shape index (κ3) is 3.93. The number of carboxylic acids is 1. The van der Waals surface area contributed by atoms with E-state index in [1.807, 2.05) is 25.7 Å². The van der Waals surface area contributed by atoms with Gasteiger partial charge in [-0.25, -0.2) is 0 Å². The molecular weight excluding hydrogens is 282 g/mol. The lowest BCUT2D eigenvalue weighted by Gasteiger charge is -2.31. The Morgan fingerprint density at radius 1 is 1.45 bits per heavy atom. The SMILES string of the molecule is CC(C)(C)c1nc(CN2CCCCC2C(=O)O)no1.Cl. The van der Waals surface area contributed by atoms with E-state index < -0.39 is 12.0 Å². The summed E-state index contributed by atoms with van der Waals surface area (Å²) in [5.74, 6) is 0.392. The molecule has 1 atom stereocenters. The normalized spacial score (nSPS) is 20.4. The number of rotatable bonds is 3. The van der Waals surface area contributed by atoms with Crippen molar-refractivity contribution in [3.05, 3.63) is 11.7 Å². The highest BCUT2D eigenvalue weighted by molar-refractivity contribution is 5.85. The van der Waals surface area contributed by atoms with Crippen molar-refractivity contribution in [3.8, 4) is 0 Å². The number of halogens is 1. The van der Waals surface area contributed by atoms with E-state index in [1.54, 1.807) is 0 Å². The lowest BCUT2D eigenvalue weighted by molar-refractivity contribution is -0.144. The minimum absolute atomic E-state index is 0. The summed E-state index contributed by atoms with van der Waals surface area (Å²) in [5, 5.41) is 13.2. The van der Waals surface area contributed by atoms with Gasteiger partial charge in [-0.15, -0.1) is 12.4 Å². The molecule has 1 aliphatic rings. The van der Waals surface area contributed by atoms with Crippen molar-refractivity contribution < 1.29 is 14.4 Å². The molecule has 1 aromatic heterocycles. The predicted molar refractivity (Wildman–Crippen MR) is 75.9 cm³/mol. The summed E-state index contributed by atoms with van der Waals surface area (Å²) in [5.41, 5.74) is -0.181. The molecule has 1 fully saturated rings. The van der Waals surface area contributed by atoms with E-state index in [2.05, 4.69) is 10.1 Å². The molecule has 0 aliphatic carbocycles. The van der Waals surface area contributed by atoms with Crippen LogP contribution in [0.25, 0.3) is 0 Å². The van der Waals surface area contributed by atoms with Gasteiger partial charge in [0, 0.05) is 5.41 Å². The largest absolute Gasteiger partial charge is 0.480 e. The highest BCUT2D eigenvalue weighted by atomic mass is 35.5. The molecule has 0 radical (unpaired) electrons. The fraction of sp³-hybridized carbons (Fsp3) is 0.769. The van der Waals surface area contributed by atoms with Gasteiger partial charge in [0.1, 0.15) is 6.04 Å². The van der Waals surface area contributed by atoms with Gasteiger partial charge in [0.2, 0.25) is 5.89 Å². The van der Waals surface area contributed by atoms with Crippen molar-refractivity contribution in [1.82, 2.24) is 15.0 Å². The molecule has 0 bridgehead atoms. The Hall–Kier alpha value is -1.14. The van der Waals surface area contributed by atoms with Crippen molar-refractivity contribution >= 4 is 18.4 Å². The fourth-order valence-corrected chi connectivity index (χ4v) is 2.26. The van der Waals surface area contributed by atoms with Crippen molar-refractivity contribution in [1.29, 1.82) is 0 Å². The van der Waals surface area contributed by atoms with E-state index in [9.17, 15) is 9.90 Å². The Labute approximate surface area is 124 Å². The van der Waals surface area contributed by atoms with Crippen molar-refractivity contribution in [2.75, 3.05) is 6.54 Å². The zero-order valence-corrected chi connectivity index (χ0v) is 12.9. The number of piperidine rings is 1. The number of hydrogen-bond acceptors (Lipinski definition) is 5. The van der Waals surface area contributed by atoms with E-state index in [0.29, 0.717) is 24.7 Å². The number of aliphatic carboxylic acids is 1.